The van der Waals surface area contributed by atoms with Crippen LogP contribution >= 0.6 is 0 Å². The summed E-state index contributed by atoms with van der Waals surface area (Å²) in [6.07, 6.45) is 3.98. The lowest BCUT2D eigenvalue weighted by atomic mass is 10.0. The number of rotatable bonds is 9. The SMILES string of the molecule is C=CCc1cc(/C=C(/C#N)C(=O)N2CCN(c3ccccc3)CC2)cc(OC)c1OCc1cccc2ccccc12. The lowest BCUT2D eigenvalue weighted by molar-refractivity contribution is -0.126. The zero-order chi connectivity index (χ0) is 28.6. The van der Waals surface area contributed by atoms with Gasteiger partial charge in [-0.15, -0.1) is 6.58 Å². The van der Waals surface area contributed by atoms with E-state index in [1.54, 1.807) is 24.2 Å². The fraction of sp³-hybridized carbons (Fsp3) is 0.200. The van der Waals surface area contributed by atoms with Crippen LogP contribution in [0.1, 0.15) is 16.7 Å². The third-order valence-corrected chi connectivity index (χ3v) is 7.34. The molecule has 1 aliphatic heterocycles. The number of carbonyl (C=O) groups excluding carboxylic acids is 1. The number of methoxy groups -OCH3 is 1. The van der Waals surface area contributed by atoms with Gasteiger partial charge in [-0.2, -0.15) is 5.26 Å². The van der Waals surface area contributed by atoms with Crippen molar-refractivity contribution in [2.45, 2.75) is 13.0 Å². The summed E-state index contributed by atoms with van der Waals surface area (Å²) in [4.78, 5) is 17.3. The first-order valence-corrected chi connectivity index (χ1v) is 13.7. The molecule has 1 fully saturated rings. The number of nitriles is 1. The molecule has 4 aromatic rings. The smallest absolute Gasteiger partial charge is 0.264 e. The van der Waals surface area contributed by atoms with Gasteiger partial charge in [-0.1, -0.05) is 66.7 Å². The Balaban J connectivity index is 1.36. The molecular formula is C35H33N3O3. The van der Waals surface area contributed by atoms with E-state index in [1.165, 1.54) is 0 Å². The summed E-state index contributed by atoms with van der Waals surface area (Å²) < 4.78 is 12.1. The number of para-hydroxylation sites is 1. The van der Waals surface area contributed by atoms with Crippen molar-refractivity contribution in [1.82, 2.24) is 4.90 Å². The van der Waals surface area contributed by atoms with E-state index < -0.39 is 0 Å². The molecule has 1 aliphatic rings. The first-order valence-electron chi connectivity index (χ1n) is 13.7. The van der Waals surface area contributed by atoms with Crippen LogP contribution < -0.4 is 14.4 Å². The second-order valence-corrected chi connectivity index (χ2v) is 9.92. The maximum absolute atomic E-state index is 13.3. The lowest BCUT2D eigenvalue weighted by Crippen LogP contribution is -2.49. The second kappa shape index (κ2) is 12.9. The van der Waals surface area contributed by atoms with Gasteiger partial charge in [0.15, 0.2) is 11.5 Å². The highest BCUT2D eigenvalue weighted by atomic mass is 16.5. The number of fused-ring (bicyclic) bond motifs is 1. The van der Waals surface area contributed by atoms with Crippen LogP contribution in [0.5, 0.6) is 11.5 Å². The molecule has 5 rings (SSSR count). The van der Waals surface area contributed by atoms with E-state index in [1.807, 2.05) is 48.5 Å². The summed E-state index contributed by atoms with van der Waals surface area (Å²) in [6.45, 7) is 6.82. The Kier molecular flexibility index (Phi) is 8.66. The fourth-order valence-electron chi connectivity index (χ4n) is 5.24. The number of ether oxygens (including phenoxy) is 2. The monoisotopic (exact) mass is 543 g/mol. The molecule has 1 saturated heterocycles. The molecule has 206 valence electrons. The second-order valence-electron chi connectivity index (χ2n) is 9.92. The van der Waals surface area contributed by atoms with Gasteiger partial charge in [0.1, 0.15) is 18.2 Å². The van der Waals surface area contributed by atoms with Crippen LogP contribution in [0.4, 0.5) is 5.69 Å². The molecular weight excluding hydrogens is 510 g/mol. The van der Waals surface area contributed by atoms with Gasteiger partial charge in [0, 0.05) is 37.4 Å². The van der Waals surface area contributed by atoms with Crippen LogP contribution in [-0.2, 0) is 17.8 Å². The predicted octanol–water partition coefficient (Wildman–Crippen LogP) is 6.41. The Morgan fingerprint density at radius 1 is 0.951 bits per heavy atom. The van der Waals surface area contributed by atoms with Crippen LogP contribution in [0.25, 0.3) is 16.8 Å². The summed E-state index contributed by atoms with van der Waals surface area (Å²) in [5.74, 6) is 0.900. The Bertz CT molecular complexity index is 1610. The molecule has 0 unspecified atom stereocenters. The van der Waals surface area contributed by atoms with E-state index in [4.69, 9.17) is 9.47 Å². The van der Waals surface area contributed by atoms with Crippen molar-refractivity contribution in [3.05, 3.63) is 120 Å². The number of carbonyl (C=O) groups is 1. The highest BCUT2D eigenvalue weighted by molar-refractivity contribution is 6.02. The van der Waals surface area contributed by atoms with Crippen LogP contribution in [0.2, 0.25) is 0 Å². The molecule has 0 bridgehead atoms. The summed E-state index contributed by atoms with van der Waals surface area (Å²) >= 11 is 0. The number of nitrogens with zero attached hydrogens (tertiary/aromatic N) is 3. The molecule has 6 nitrogen and oxygen atoms in total. The summed E-state index contributed by atoms with van der Waals surface area (Å²) in [6, 6.07) is 30.4. The van der Waals surface area contributed by atoms with E-state index in [0.29, 0.717) is 56.3 Å². The highest BCUT2D eigenvalue weighted by Gasteiger charge is 2.24. The van der Waals surface area contributed by atoms with Crippen molar-refractivity contribution in [3.8, 4) is 17.6 Å². The van der Waals surface area contributed by atoms with Crippen LogP contribution in [0.15, 0.2) is 103 Å². The normalized spacial score (nSPS) is 13.5. The number of anilines is 1. The first-order chi connectivity index (χ1) is 20.1. The number of allylic oxidation sites excluding steroid dienone is 1. The molecule has 0 N–H and O–H groups in total. The van der Waals surface area contributed by atoms with Crippen LogP contribution in [0, 0.1) is 11.3 Å². The van der Waals surface area contributed by atoms with Crippen molar-refractivity contribution in [2.75, 3.05) is 38.2 Å². The average Bonchev–Trinajstić information content (AvgIpc) is 3.03. The number of benzene rings is 4. The number of hydrogen-bond donors (Lipinski definition) is 0. The Labute approximate surface area is 241 Å². The Hall–Kier alpha value is -5.02. The van der Waals surface area contributed by atoms with Gasteiger partial charge in [-0.25, -0.2) is 0 Å². The molecule has 0 aliphatic carbocycles. The minimum absolute atomic E-state index is 0.0918. The molecule has 1 amide bonds. The average molecular weight is 544 g/mol. The van der Waals surface area contributed by atoms with Crippen molar-refractivity contribution in [3.63, 3.8) is 0 Å². The summed E-state index contributed by atoms with van der Waals surface area (Å²) in [7, 11) is 1.59. The maximum atomic E-state index is 13.3. The largest absolute Gasteiger partial charge is 0.493 e. The molecule has 0 spiro atoms. The zero-order valence-corrected chi connectivity index (χ0v) is 23.3. The molecule has 0 saturated carbocycles. The Morgan fingerprint density at radius 3 is 2.41 bits per heavy atom. The molecule has 0 atom stereocenters. The van der Waals surface area contributed by atoms with E-state index in [2.05, 4.69) is 53.9 Å². The standard InChI is InChI=1S/C35H33N3O3/c1-3-10-28-21-26(22-30(24-36)35(39)38-19-17-37(18-20-38)31-14-5-4-6-15-31)23-33(40-2)34(28)41-25-29-13-9-12-27-11-7-8-16-32(27)29/h3-9,11-16,21-23H,1,10,17-20,25H2,2H3/b30-22-. The van der Waals surface area contributed by atoms with Gasteiger partial charge in [0.25, 0.3) is 5.91 Å². The van der Waals surface area contributed by atoms with E-state index in [-0.39, 0.29) is 11.5 Å². The van der Waals surface area contributed by atoms with Crippen molar-refractivity contribution in [1.29, 1.82) is 5.26 Å². The Morgan fingerprint density at radius 2 is 1.68 bits per heavy atom. The number of amides is 1. The third-order valence-electron chi connectivity index (χ3n) is 7.34. The topological polar surface area (TPSA) is 65.8 Å². The van der Waals surface area contributed by atoms with Crippen LogP contribution in [0.3, 0.4) is 0 Å². The number of hydrogen-bond acceptors (Lipinski definition) is 5. The molecule has 41 heavy (non-hydrogen) atoms. The van der Waals surface area contributed by atoms with Gasteiger partial charge in [-0.05, 0) is 58.7 Å². The minimum Gasteiger partial charge on any atom is -0.493 e. The van der Waals surface area contributed by atoms with Crippen molar-refractivity contribution in [2.24, 2.45) is 0 Å². The van der Waals surface area contributed by atoms with E-state index in [9.17, 15) is 10.1 Å². The lowest BCUT2D eigenvalue weighted by Gasteiger charge is -2.36. The van der Waals surface area contributed by atoms with Crippen molar-refractivity contribution >= 4 is 28.4 Å². The predicted molar refractivity (Wildman–Crippen MR) is 164 cm³/mol. The molecule has 0 radical (unpaired) electrons. The summed E-state index contributed by atoms with van der Waals surface area (Å²) in [5, 5.41) is 12.2. The first kappa shape index (κ1) is 27.5. The quantitative estimate of drug-likeness (QED) is 0.139. The van der Waals surface area contributed by atoms with Gasteiger partial charge < -0.3 is 19.3 Å². The molecule has 1 heterocycles. The molecule has 6 heteroatoms. The van der Waals surface area contributed by atoms with Crippen LogP contribution in [-0.4, -0.2) is 44.1 Å². The van der Waals surface area contributed by atoms with Gasteiger partial charge in [-0.3, -0.25) is 4.79 Å². The number of piperazine rings is 1. The van der Waals surface area contributed by atoms with Gasteiger partial charge in [0.2, 0.25) is 0 Å². The third kappa shape index (κ3) is 6.26. The summed E-state index contributed by atoms with van der Waals surface area (Å²) in [5.41, 5.74) is 3.87. The maximum Gasteiger partial charge on any atom is 0.264 e. The highest BCUT2D eigenvalue weighted by Crippen LogP contribution is 2.35. The van der Waals surface area contributed by atoms with E-state index in [0.717, 1.165) is 27.6 Å². The fourth-order valence-corrected chi connectivity index (χ4v) is 5.24. The van der Waals surface area contributed by atoms with Gasteiger partial charge in [0.05, 0.1) is 7.11 Å². The zero-order valence-electron chi connectivity index (χ0n) is 23.3. The molecule has 0 aromatic heterocycles. The van der Waals surface area contributed by atoms with Crippen molar-refractivity contribution < 1.29 is 14.3 Å². The minimum atomic E-state index is -0.263. The van der Waals surface area contributed by atoms with E-state index >= 15 is 0 Å². The molecule has 4 aromatic carbocycles. The van der Waals surface area contributed by atoms with Gasteiger partial charge >= 0.3 is 0 Å².